The van der Waals surface area contributed by atoms with Crippen molar-refractivity contribution < 1.29 is 4.79 Å². The summed E-state index contributed by atoms with van der Waals surface area (Å²) in [5.74, 6) is -0.244. The predicted molar refractivity (Wildman–Crippen MR) is 86.2 cm³/mol. The van der Waals surface area contributed by atoms with E-state index in [0.29, 0.717) is 10.7 Å². The van der Waals surface area contributed by atoms with Crippen molar-refractivity contribution in [1.82, 2.24) is 0 Å². The van der Waals surface area contributed by atoms with E-state index in [4.69, 9.17) is 17.3 Å². The number of halogens is 2. The summed E-state index contributed by atoms with van der Waals surface area (Å²) in [6.07, 6.45) is 0. The standard InChI is InChI=1S/C14H12ClIN2O/c15-10-6-7-12(11(16)8-10)18-14(19)13(17)9-4-2-1-3-5-9/h1-8,13H,17H2,(H,18,19)/t13-/m1/s1. The smallest absolute Gasteiger partial charge is 0.245 e. The molecule has 98 valence electrons. The van der Waals surface area contributed by atoms with Crippen LogP contribution in [0.5, 0.6) is 0 Å². The van der Waals surface area contributed by atoms with Crippen LogP contribution in [0.1, 0.15) is 11.6 Å². The Hall–Kier alpha value is -1.11. The second kappa shape index (κ2) is 6.36. The van der Waals surface area contributed by atoms with Crippen LogP contribution in [0.3, 0.4) is 0 Å². The van der Waals surface area contributed by atoms with Crippen LogP contribution in [0, 0.1) is 3.57 Å². The molecule has 0 bridgehead atoms. The highest BCUT2D eigenvalue weighted by atomic mass is 127. The number of amides is 1. The first-order valence-electron chi connectivity index (χ1n) is 5.64. The highest BCUT2D eigenvalue weighted by Gasteiger charge is 2.16. The molecule has 0 saturated heterocycles. The molecule has 0 fully saturated rings. The predicted octanol–water partition coefficient (Wildman–Crippen LogP) is 3.58. The fraction of sp³-hybridized carbons (Fsp3) is 0.0714. The van der Waals surface area contributed by atoms with Crippen LogP contribution in [-0.4, -0.2) is 5.91 Å². The third-order valence-corrected chi connectivity index (χ3v) is 3.76. The van der Waals surface area contributed by atoms with E-state index in [1.54, 1.807) is 18.2 Å². The van der Waals surface area contributed by atoms with Crippen molar-refractivity contribution >= 4 is 45.8 Å². The molecule has 0 aromatic heterocycles. The molecule has 0 saturated carbocycles. The average Bonchev–Trinajstić information content (AvgIpc) is 2.42. The van der Waals surface area contributed by atoms with Crippen LogP contribution < -0.4 is 11.1 Å². The summed E-state index contributed by atoms with van der Waals surface area (Å²) in [7, 11) is 0. The Morgan fingerprint density at radius 1 is 1.21 bits per heavy atom. The number of rotatable bonds is 3. The maximum Gasteiger partial charge on any atom is 0.245 e. The molecule has 3 nitrogen and oxygen atoms in total. The minimum Gasteiger partial charge on any atom is -0.323 e. The van der Waals surface area contributed by atoms with Crippen LogP contribution >= 0.6 is 34.2 Å². The first kappa shape index (κ1) is 14.3. The van der Waals surface area contributed by atoms with Gasteiger partial charge in [-0.05, 0) is 46.4 Å². The number of hydrogen-bond acceptors (Lipinski definition) is 2. The van der Waals surface area contributed by atoms with Crippen molar-refractivity contribution in [3.8, 4) is 0 Å². The van der Waals surface area contributed by atoms with E-state index in [-0.39, 0.29) is 5.91 Å². The summed E-state index contributed by atoms with van der Waals surface area (Å²) in [5.41, 5.74) is 7.42. The van der Waals surface area contributed by atoms with Crippen molar-refractivity contribution in [2.75, 3.05) is 5.32 Å². The van der Waals surface area contributed by atoms with Gasteiger partial charge in [0.1, 0.15) is 6.04 Å². The van der Waals surface area contributed by atoms with Gasteiger partial charge in [-0.2, -0.15) is 0 Å². The molecule has 19 heavy (non-hydrogen) atoms. The van der Waals surface area contributed by atoms with Crippen molar-refractivity contribution in [1.29, 1.82) is 0 Å². The monoisotopic (exact) mass is 386 g/mol. The molecule has 2 aromatic carbocycles. The molecular formula is C14H12ClIN2O. The minimum atomic E-state index is -0.687. The molecule has 5 heteroatoms. The lowest BCUT2D eigenvalue weighted by Crippen LogP contribution is -2.27. The summed E-state index contributed by atoms with van der Waals surface area (Å²) < 4.78 is 0.874. The molecule has 2 aromatic rings. The van der Waals surface area contributed by atoms with Crippen molar-refractivity contribution in [3.63, 3.8) is 0 Å². The minimum absolute atomic E-state index is 0.244. The lowest BCUT2D eigenvalue weighted by Gasteiger charge is -2.13. The van der Waals surface area contributed by atoms with Gasteiger partial charge in [0.15, 0.2) is 0 Å². The fourth-order valence-electron chi connectivity index (χ4n) is 1.61. The molecule has 0 spiro atoms. The number of carbonyl (C=O) groups is 1. The zero-order valence-corrected chi connectivity index (χ0v) is 12.9. The van der Waals surface area contributed by atoms with Gasteiger partial charge in [-0.3, -0.25) is 4.79 Å². The van der Waals surface area contributed by atoms with E-state index in [2.05, 4.69) is 27.9 Å². The van der Waals surface area contributed by atoms with Gasteiger partial charge in [-0.15, -0.1) is 0 Å². The molecule has 0 heterocycles. The van der Waals surface area contributed by atoms with Crippen molar-refractivity contribution in [3.05, 3.63) is 62.7 Å². The SMILES string of the molecule is N[C@@H](C(=O)Nc1ccc(Cl)cc1I)c1ccccc1. The summed E-state index contributed by atoms with van der Waals surface area (Å²) in [5, 5.41) is 3.44. The summed E-state index contributed by atoms with van der Waals surface area (Å²) in [6, 6.07) is 13.8. The number of benzene rings is 2. The quantitative estimate of drug-likeness (QED) is 0.792. The normalized spacial score (nSPS) is 11.9. The zero-order chi connectivity index (χ0) is 13.8. The van der Waals surface area contributed by atoms with Gasteiger partial charge in [0.25, 0.3) is 0 Å². The van der Waals surface area contributed by atoms with Gasteiger partial charge in [-0.1, -0.05) is 41.9 Å². The summed E-state index contributed by atoms with van der Waals surface area (Å²) >= 11 is 7.99. The van der Waals surface area contributed by atoms with E-state index < -0.39 is 6.04 Å². The Balaban J connectivity index is 2.13. The van der Waals surface area contributed by atoms with Crippen molar-refractivity contribution in [2.45, 2.75) is 6.04 Å². The van der Waals surface area contributed by atoms with Crippen LogP contribution in [0.25, 0.3) is 0 Å². The number of anilines is 1. The molecule has 1 atom stereocenters. The Morgan fingerprint density at radius 3 is 2.53 bits per heavy atom. The van der Waals surface area contributed by atoms with E-state index >= 15 is 0 Å². The number of nitrogens with one attached hydrogen (secondary N) is 1. The first-order valence-corrected chi connectivity index (χ1v) is 7.10. The van der Waals surface area contributed by atoms with Gasteiger partial charge >= 0.3 is 0 Å². The van der Waals surface area contributed by atoms with Crippen LogP contribution in [0.4, 0.5) is 5.69 Å². The molecule has 0 aliphatic heterocycles. The molecule has 0 aliphatic rings. The Bertz CT molecular complexity index is 589. The molecule has 3 N–H and O–H groups in total. The number of hydrogen-bond donors (Lipinski definition) is 2. The molecule has 2 rings (SSSR count). The van der Waals surface area contributed by atoms with Crippen LogP contribution in [0.15, 0.2) is 48.5 Å². The highest BCUT2D eigenvalue weighted by molar-refractivity contribution is 14.1. The number of nitrogens with two attached hydrogens (primary N) is 1. The Labute approximate surface area is 130 Å². The molecule has 0 radical (unpaired) electrons. The molecule has 1 amide bonds. The van der Waals surface area contributed by atoms with Gasteiger partial charge < -0.3 is 11.1 Å². The highest BCUT2D eigenvalue weighted by Crippen LogP contribution is 2.23. The third-order valence-electron chi connectivity index (χ3n) is 2.63. The molecule has 0 aliphatic carbocycles. The molecular weight excluding hydrogens is 375 g/mol. The maximum atomic E-state index is 12.1. The van der Waals surface area contributed by atoms with Crippen molar-refractivity contribution in [2.24, 2.45) is 5.73 Å². The van der Waals surface area contributed by atoms with E-state index in [1.807, 2.05) is 30.3 Å². The topological polar surface area (TPSA) is 55.1 Å². The maximum absolute atomic E-state index is 12.1. The van der Waals surface area contributed by atoms with Gasteiger partial charge in [0, 0.05) is 8.59 Å². The second-order valence-corrected chi connectivity index (χ2v) is 5.60. The molecule has 0 unspecified atom stereocenters. The first-order chi connectivity index (χ1) is 9.08. The largest absolute Gasteiger partial charge is 0.323 e. The lowest BCUT2D eigenvalue weighted by atomic mass is 10.1. The van der Waals surface area contributed by atoms with E-state index in [1.165, 1.54) is 0 Å². The van der Waals surface area contributed by atoms with Crippen LogP contribution in [0.2, 0.25) is 5.02 Å². The average molecular weight is 387 g/mol. The Kier molecular flexibility index (Phi) is 4.79. The third kappa shape index (κ3) is 3.68. The van der Waals surface area contributed by atoms with E-state index in [9.17, 15) is 4.79 Å². The zero-order valence-electron chi connectivity index (χ0n) is 9.94. The Morgan fingerprint density at radius 2 is 1.89 bits per heavy atom. The van der Waals surface area contributed by atoms with E-state index in [0.717, 1.165) is 9.13 Å². The van der Waals surface area contributed by atoms with Gasteiger partial charge in [0.2, 0.25) is 5.91 Å². The van der Waals surface area contributed by atoms with Gasteiger partial charge in [0.05, 0.1) is 5.69 Å². The lowest BCUT2D eigenvalue weighted by molar-refractivity contribution is -0.117. The second-order valence-electron chi connectivity index (χ2n) is 4.00. The fourth-order valence-corrected chi connectivity index (χ4v) is 2.62. The summed E-state index contributed by atoms with van der Waals surface area (Å²) in [4.78, 5) is 12.1. The summed E-state index contributed by atoms with van der Waals surface area (Å²) in [6.45, 7) is 0. The van der Waals surface area contributed by atoms with Gasteiger partial charge in [-0.25, -0.2) is 0 Å². The number of carbonyl (C=O) groups excluding carboxylic acids is 1. The van der Waals surface area contributed by atoms with Crippen LogP contribution in [-0.2, 0) is 4.79 Å².